The highest BCUT2D eigenvalue weighted by molar-refractivity contribution is 6.84. The van der Waals surface area contributed by atoms with E-state index in [4.69, 9.17) is 22.4 Å². The molecule has 35 heavy (non-hydrogen) atoms. The van der Waals surface area contributed by atoms with Crippen LogP contribution in [0.1, 0.15) is 75.5 Å². The monoisotopic (exact) mass is 528 g/mol. The van der Waals surface area contributed by atoms with E-state index in [1.807, 2.05) is 6.92 Å². The van der Waals surface area contributed by atoms with E-state index in [2.05, 4.69) is 60.4 Å². The number of fused-ring (bicyclic) bond motifs is 1. The minimum Gasteiger partial charge on any atom is -0.478 e. The molecule has 0 spiro atoms. The molecule has 2 unspecified atom stereocenters. The fraction of sp³-hybridized carbons (Fsp3) is 0.833. The van der Waals surface area contributed by atoms with Crippen molar-refractivity contribution in [3.8, 4) is 5.88 Å². The maximum atomic E-state index is 12.9. The van der Waals surface area contributed by atoms with Crippen LogP contribution in [0.4, 0.5) is 0 Å². The number of hydrogen-bond donors (Lipinski definition) is 1. The zero-order valence-corrected chi connectivity index (χ0v) is 24.9. The highest BCUT2D eigenvalue weighted by atomic mass is 28.5. The van der Waals surface area contributed by atoms with Crippen LogP contribution in [0.25, 0.3) is 0 Å². The Labute approximate surface area is 211 Å². The minimum atomic E-state index is -2.95. The van der Waals surface area contributed by atoms with Gasteiger partial charge in [-0.25, -0.2) is 4.79 Å². The van der Waals surface area contributed by atoms with Crippen LogP contribution in [-0.2, 0) is 17.7 Å². The minimum absolute atomic E-state index is 0.110. The molecule has 0 bridgehead atoms. The second-order valence-electron chi connectivity index (χ2n) is 11.2. The summed E-state index contributed by atoms with van der Waals surface area (Å²) < 4.78 is 33.9. The molecule has 4 atom stereocenters. The van der Waals surface area contributed by atoms with E-state index in [0.29, 0.717) is 6.61 Å². The van der Waals surface area contributed by atoms with Crippen molar-refractivity contribution in [1.29, 1.82) is 0 Å². The lowest BCUT2D eigenvalue weighted by Gasteiger charge is -2.52. The van der Waals surface area contributed by atoms with Crippen molar-refractivity contribution < 1.29 is 27.5 Å². The highest BCUT2D eigenvalue weighted by Crippen LogP contribution is 2.50. The lowest BCUT2D eigenvalue weighted by atomic mass is 9.96. The third-order valence-electron chi connectivity index (χ3n) is 7.39. The number of hydrogen-bond acceptors (Lipinski definition) is 8. The number of nitrogens with zero attached hydrogens (tertiary/aromatic N) is 2. The molecule has 0 aromatic carbocycles. The first kappa shape index (κ1) is 28.5. The van der Waals surface area contributed by atoms with Gasteiger partial charge in [0.15, 0.2) is 6.23 Å². The van der Waals surface area contributed by atoms with Gasteiger partial charge in [0.1, 0.15) is 17.8 Å². The Bertz CT molecular complexity index is 919. The molecule has 0 saturated carbocycles. The van der Waals surface area contributed by atoms with E-state index >= 15 is 0 Å². The lowest BCUT2D eigenvalue weighted by molar-refractivity contribution is -0.0974. The first-order valence-corrected chi connectivity index (χ1v) is 16.8. The Kier molecular flexibility index (Phi) is 8.42. The summed E-state index contributed by atoms with van der Waals surface area (Å²) in [5, 5.41) is 11.8. The molecule has 9 nitrogen and oxygen atoms in total. The quantitative estimate of drug-likeness (QED) is 0.524. The number of aromatic nitrogens is 2. The Morgan fingerprint density at radius 3 is 2.17 bits per heavy atom. The molecule has 0 aliphatic carbocycles. The third-order valence-corrected chi connectivity index (χ3v) is 17.6. The molecule has 1 aromatic heterocycles. The smallest absolute Gasteiger partial charge is 0.353 e. The third kappa shape index (κ3) is 4.93. The van der Waals surface area contributed by atoms with Crippen LogP contribution >= 0.6 is 0 Å². The van der Waals surface area contributed by atoms with Gasteiger partial charge in [0.25, 0.3) is 0 Å². The maximum Gasteiger partial charge on any atom is 0.353 e. The number of aliphatic hydroxyl groups is 1. The molecule has 1 N–H and O–H groups in total. The summed E-state index contributed by atoms with van der Waals surface area (Å²) in [5.74, 6) is 0.237. The van der Waals surface area contributed by atoms with Crippen LogP contribution in [0.2, 0.25) is 22.2 Å². The summed E-state index contributed by atoms with van der Waals surface area (Å²) in [6.07, 6.45) is -0.734. The standard InChI is InChI=1S/C24H44N2O7Si2/c1-11-29-20-12-13-26(23(27)25-20)22-24(10,28)21-19(31-22)14-30-34(15(2)3,16(4)5)33-35(32-21,17(6)7)18(8)9/h12-13,15-19,21-22,28H,11,14H2,1-10H3/t19-,21?,22-,24?/m1/s1. The predicted molar refractivity (Wildman–Crippen MR) is 138 cm³/mol. The molecule has 2 aliphatic rings. The van der Waals surface area contributed by atoms with Gasteiger partial charge in [-0.15, -0.1) is 0 Å². The molecular weight excluding hydrogens is 484 g/mol. The van der Waals surface area contributed by atoms with Gasteiger partial charge in [-0.1, -0.05) is 55.4 Å². The maximum absolute atomic E-state index is 12.9. The average molecular weight is 529 g/mol. The van der Waals surface area contributed by atoms with E-state index in [0.717, 1.165) is 0 Å². The van der Waals surface area contributed by atoms with E-state index < -0.39 is 46.8 Å². The van der Waals surface area contributed by atoms with E-state index in [1.54, 1.807) is 19.2 Å². The van der Waals surface area contributed by atoms with Crippen LogP contribution in [-0.4, -0.2) is 62.8 Å². The van der Waals surface area contributed by atoms with E-state index in [9.17, 15) is 9.90 Å². The largest absolute Gasteiger partial charge is 0.478 e. The topological polar surface area (TPSA) is 101 Å². The van der Waals surface area contributed by atoms with Crippen molar-refractivity contribution in [3.63, 3.8) is 0 Å². The summed E-state index contributed by atoms with van der Waals surface area (Å²) in [7, 11) is -5.68. The second-order valence-corrected chi connectivity index (χ2v) is 20.0. The summed E-state index contributed by atoms with van der Waals surface area (Å²) in [4.78, 5) is 16.9. The Balaban J connectivity index is 2.10. The van der Waals surface area contributed by atoms with Crippen molar-refractivity contribution in [3.05, 3.63) is 22.7 Å². The number of rotatable bonds is 7. The van der Waals surface area contributed by atoms with Crippen molar-refractivity contribution in [1.82, 2.24) is 9.55 Å². The summed E-state index contributed by atoms with van der Waals surface area (Å²) >= 11 is 0. The van der Waals surface area contributed by atoms with Crippen molar-refractivity contribution in [2.45, 2.75) is 115 Å². The molecule has 3 rings (SSSR count). The fourth-order valence-electron chi connectivity index (χ4n) is 5.49. The second kappa shape index (κ2) is 10.3. The Morgan fingerprint density at radius 2 is 1.69 bits per heavy atom. The van der Waals surface area contributed by atoms with Crippen molar-refractivity contribution in [2.75, 3.05) is 13.2 Å². The Hall–Kier alpha value is -1.09. The van der Waals surface area contributed by atoms with Gasteiger partial charge < -0.3 is 27.5 Å². The molecule has 2 saturated heterocycles. The van der Waals surface area contributed by atoms with Gasteiger partial charge in [0, 0.05) is 12.3 Å². The first-order chi connectivity index (χ1) is 16.2. The van der Waals surface area contributed by atoms with Crippen molar-refractivity contribution in [2.24, 2.45) is 0 Å². The highest BCUT2D eigenvalue weighted by Gasteiger charge is 2.64. The van der Waals surface area contributed by atoms with Gasteiger partial charge in [-0.05, 0) is 36.0 Å². The molecule has 11 heteroatoms. The van der Waals surface area contributed by atoms with Crippen LogP contribution in [0, 0.1) is 0 Å². The SMILES string of the molecule is CCOc1ccn([C@@H]2O[C@@H]3CO[Si](C(C)C)(C(C)C)O[Si](C(C)C)(C(C)C)OC3C2(C)O)c(=O)n1. The zero-order valence-electron chi connectivity index (χ0n) is 22.9. The van der Waals surface area contributed by atoms with Gasteiger partial charge in [-0.3, -0.25) is 4.57 Å². The van der Waals surface area contributed by atoms with Gasteiger partial charge >= 0.3 is 22.8 Å². The van der Waals surface area contributed by atoms with E-state index in [-0.39, 0.29) is 34.7 Å². The van der Waals surface area contributed by atoms with E-state index in [1.165, 1.54) is 4.57 Å². The Morgan fingerprint density at radius 1 is 1.11 bits per heavy atom. The zero-order chi connectivity index (χ0) is 26.3. The summed E-state index contributed by atoms with van der Waals surface area (Å²) in [5.41, 5.74) is -1.46. The molecule has 0 radical (unpaired) electrons. The molecule has 2 aliphatic heterocycles. The van der Waals surface area contributed by atoms with Crippen molar-refractivity contribution >= 4 is 17.1 Å². The predicted octanol–water partition coefficient (Wildman–Crippen LogP) is 4.25. The lowest BCUT2D eigenvalue weighted by Crippen LogP contribution is -2.66. The molecule has 2 fully saturated rings. The van der Waals surface area contributed by atoms with Crippen LogP contribution in [0.15, 0.2) is 17.1 Å². The van der Waals surface area contributed by atoms with Gasteiger partial charge in [0.05, 0.1) is 13.2 Å². The summed E-state index contributed by atoms with van der Waals surface area (Å²) in [6.45, 7) is 21.3. The first-order valence-electron chi connectivity index (χ1n) is 12.8. The molecule has 3 heterocycles. The van der Waals surface area contributed by atoms with Gasteiger partial charge in [-0.2, -0.15) is 4.98 Å². The molecule has 200 valence electrons. The fourth-order valence-corrected chi connectivity index (χ4v) is 16.8. The number of ether oxygens (including phenoxy) is 2. The normalized spacial score (nSPS) is 30.5. The molecule has 1 aromatic rings. The summed E-state index contributed by atoms with van der Waals surface area (Å²) in [6, 6.07) is 1.60. The average Bonchev–Trinajstić information content (AvgIpc) is 2.97. The van der Waals surface area contributed by atoms with Crippen LogP contribution in [0.5, 0.6) is 5.88 Å². The van der Waals surface area contributed by atoms with Crippen LogP contribution in [0.3, 0.4) is 0 Å². The van der Waals surface area contributed by atoms with Gasteiger partial charge in [0.2, 0.25) is 5.88 Å². The molecule has 0 amide bonds. The molecular formula is C24H44N2O7Si2. The van der Waals surface area contributed by atoms with Crippen LogP contribution < -0.4 is 10.4 Å².